The second-order valence-electron chi connectivity index (χ2n) is 5.35. The number of para-hydroxylation sites is 1. The zero-order valence-electron chi connectivity index (χ0n) is 13.1. The molecule has 0 saturated heterocycles. The fourth-order valence-corrected chi connectivity index (χ4v) is 3.15. The molecule has 0 bridgehead atoms. The average Bonchev–Trinajstić information content (AvgIpc) is 2.99. The molecule has 114 valence electrons. The van der Waals surface area contributed by atoms with E-state index in [2.05, 4.69) is 58.9 Å². The number of rotatable bonds is 4. The molecule has 2 aromatic carbocycles. The van der Waals surface area contributed by atoms with E-state index in [1.54, 1.807) is 0 Å². The molecule has 0 amide bonds. The number of hydrogen-bond donors (Lipinski definition) is 0. The highest BCUT2D eigenvalue weighted by atomic mass is 32.2. The van der Waals surface area contributed by atoms with Crippen molar-refractivity contribution in [2.45, 2.75) is 24.3 Å². The van der Waals surface area contributed by atoms with Gasteiger partial charge in [-0.15, -0.1) is 0 Å². The predicted octanol–water partition coefficient (Wildman–Crippen LogP) is 4.85. The van der Waals surface area contributed by atoms with Crippen molar-refractivity contribution < 1.29 is 0 Å². The summed E-state index contributed by atoms with van der Waals surface area (Å²) in [6.07, 6.45) is 1.88. The first-order valence-corrected chi connectivity index (χ1v) is 8.33. The molecule has 0 saturated carbocycles. The molecule has 0 aliphatic heterocycles. The molecule has 3 aromatic rings. The number of aromatic nitrogens is 2. The summed E-state index contributed by atoms with van der Waals surface area (Å²) < 4.78 is 2.11. The second kappa shape index (κ2) is 6.72. The van der Waals surface area contributed by atoms with Crippen molar-refractivity contribution >= 4 is 11.8 Å². The summed E-state index contributed by atoms with van der Waals surface area (Å²) >= 11 is 1.47. The van der Waals surface area contributed by atoms with Gasteiger partial charge in [0.05, 0.1) is 23.2 Å². The molecule has 3 rings (SSSR count). The minimum atomic E-state index is -0.147. The topological polar surface area (TPSA) is 41.6 Å². The van der Waals surface area contributed by atoms with Gasteiger partial charge in [0, 0.05) is 11.3 Å². The normalized spacial score (nSPS) is 11.9. The molecular formula is C19H17N3S. The molecule has 3 nitrogen and oxygen atoms in total. The summed E-state index contributed by atoms with van der Waals surface area (Å²) in [5.74, 6) is 0. The van der Waals surface area contributed by atoms with Crippen LogP contribution in [-0.4, -0.2) is 14.8 Å². The third-order valence-electron chi connectivity index (χ3n) is 3.56. The monoisotopic (exact) mass is 319 g/mol. The maximum atomic E-state index is 9.10. The Balaban J connectivity index is 2.13. The first kappa shape index (κ1) is 15.4. The summed E-state index contributed by atoms with van der Waals surface area (Å²) in [5, 5.41) is 9.79. The van der Waals surface area contributed by atoms with Crippen LogP contribution in [0.4, 0.5) is 0 Å². The fourth-order valence-electron chi connectivity index (χ4n) is 2.36. The van der Waals surface area contributed by atoms with E-state index < -0.39 is 0 Å². The van der Waals surface area contributed by atoms with Crippen LogP contribution in [0.3, 0.4) is 0 Å². The Bertz CT molecular complexity index is 829. The van der Waals surface area contributed by atoms with E-state index in [-0.39, 0.29) is 5.25 Å². The molecule has 0 unspecified atom stereocenters. The van der Waals surface area contributed by atoms with Crippen LogP contribution >= 0.6 is 11.8 Å². The van der Waals surface area contributed by atoms with Gasteiger partial charge in [0.2, 0.25) is 0 Å². The minimum Gasteiger partial charge on any atom is -0.287 e. The Morgan fingerprint density at radius 3 is 2.43 bits per heavy atom. The van der Waals surface area contributed by atoms with E-state index in [1.807, 2.05) is 31.3 Å². The van der Waals surface area contributed by atoms with Gasteiger partial charge in [-0.25, -0.2) is 4.98 Å². The van der Waals surface area contributed by atoms with Crippen LogP contribution in [0.1, 0.15) is 12.5 Å². The molecule has 0 N–H and O–H groups in total. The van der Waals surface area contributed by atoms with E-state index in [0.717, 1.165) is 22.1 Å². The zero-order valence-corrected chi connectivity index (χ0v) is 13.9. The Morgan fingerprint density at radius 1 is 1.09 bits per heavy atom. The molecule has 0 aliphatic carbocycles. The van der Waals surface area contributed by atoms with Crippen molar-refractivity contribution in [3.63, 3.8) is 0 Å². The largest absolute Gasteiger partial charge is 0.287 e. The standard InChI is InChI=1S/C19H17N3S/c1-14-8-10-16(11-9-14)18-13-21-19(23-15(2)12-20)22(18)17-6-4-3-5-7-17/h3-11,13,15H,1-2H3/t15-/m0/s1. The van der Waals surface area contributed by atoms with Crippen molar-refractivity contribution in [1.29, 1.82) is 5.26 Å². The highest BCUT2D eigenvalue weighted by molar-refractivity contribution is 8.00. The van der Waals surface area contributed by atoms with Crippen molar-refractivity contribution in [3.05, 3.63) is 66.4 Å². The predicted molar refractivity (Wildman–Crippen MR) is 94.7 cm³/mol. The van der Waals surface area contributed by atoms with Crippen LogP contribution in [0.2, 0.25) is 0 Å². The molecule has 0 radical (unpaired) electrons. The van der Waals surface area contributed by atoms with Crippen LogP contribution in [-0.2, 0) is 0 Å². The Kier molecular flexibility index (Phi) is 4.50. The molecule has 0 fully saturated rings. The van der Waals surface area contributed by atoms with E-state index >= 15 is 0 Å². The van der Waals surface area contributed by atoms with Gasteiger partial charge in [0.1, 0.15) is 0 Å². The third-order valence-corrected chi connectivity index (χ3v) is 4.51. The quantitative estimate of drug-likeness (QED) is 0.645. The van der Waals surface area contributed by atoms with Crippen LogP contribution in [0, 0.1) is 18.3 Å². The van der Waals surface area contributed by atoms with E-state index in [0.29, 0.717) is 0 Å². The summed E-state index contributed by atoms with van der Waals surface area (Å²) in [4.78, 5) is 4.55. The van der Waals surface area contributed by atoms with Gasteiger partial charge in [-0.1, -0.05) is 59.8 Å². The number of imidazole rings is 1. The Labute approximate surface area is 140 Å². The van der Waals surface area contributed by atoms with Gasteiger partial charge in [0.15, 0.2) is 5.16 Å². The fraction of sp³-hybridized carbons (Fsp3) is 0.158. The summed E-state index contributed by atoms with van der Waals surface area (Å²) in [6, 6.07) is 20.8. The van der Waals surface area contributed by atoms with Crippen molar-refractivity contribution in [1.82, 2.24) is 9.55 Å². The van der Waals surface area contributed by atoms with Gasteiger partial charge in [-0.2, -0.15) is 5.26 Å². The third kappa shape index (κ3) is 3.30. The van der Waals surface area contributed by atoms with Gasteiger partial charge in [-0.3, -0.25) is 4.57 Å². The van der Waals surface area contributed by atoms with Crippen LogP contribution < -0.4 is 0 Å². The number of thioether (sulfide) groups is 1. The summed E-state index contributed by atoms with van der Waals surface area (Å²) in [5.41, 5.74) is 4.42. The lowest BCUT2D eigenvalue weighted by Gasteiger charge is -2.12. The van der Waals surface area contributed by atoms with E-state index in [1.165, 1.54) is 17.3 Å². The number of aryl methyl sites for hydroxylation is 1. The maximum absolute atomic E-state index is 9.10. The Morgan fingerprint density at radius 2 is 1.78 bits per heavy atom. The molecule has 0 spiro atoms. The molecule has 1 heterocycles. The Hall–Kier alpha value is -2.51. The lowest BCUT2D eigenvalue weighted by molar-refractivity contribution is 0.898. The maximum Gasteiger partial charge on any atom is 0.174 e. The molecule has 1 atom stereocenters. The van der Waals surface area contributed by atoms with Crippen LogP contribution in [0.5, 0.6) is 0 Å². The highest BCUT2D eigenvalue weighted by Gasteiger charge is 2.16. The van der Waals surface area contributed by atoms with E-state index in [9.17, 15) is 0 Å². The van der Waals surface area contributed by atoms with Crippen molar-refractivity contribution in [2.24, 2.45) is 0 Å². The molecule has 0 aliphatic rings. The molecule has 23 heavy (non-hydrogen) atoms. The summed E-state index contributed by atoms with van der Waals surface area (Å²) in [6.45, 7) is 3.97. The highest BCUT2D eigenvalue weighted by Crippen LogP contribution is 2.31. The first-order valence-electron chi connectivity index (χ1n) is 7.45. The van der Waals surface area contributed by atoms with Gasteiger partial charge < -0.3 is 0 Å². The number of nitrogens with zero attached hydrogens (tertiary/aromatic N) is 3. The van der Waals surface area contributed by atoms with Gasteiger partial charge >= 0.3 is 0 Å². The summed E-state index contributed by atoms with van der Waals surface area (Å²) in [7, 11) is 0. The first-order chi connectivity index (χ1) is 11.2. The van der Waals surface area contributed by atoms with E-state index in [4.69, 9.17) is 5.26 Å². The van der Waals surface area contributed by atoms with Gasteiger partial charge in [0.25, 0.3) is 0 Å². The SMILES string of the molecule is Cc1ccc(-c2cnc(S[C@@H](C)C#N)n2-c2ccccc2)cc1. The van der Waals surface area contributed by atoms with Gasteiger partial charge in [-0.05, 0) is 26.0 Å². The van der Waals surface area contributed by atoms with Crippen LogP contribution in [0.15, 0.2) is 66.0 Å². The van der Waals surface area contributed by atoms with Crippen molar-refractivity contribution in [3.8, 4) is 23.0 Å². The minimum absolute atomic E-state index is 0.147. The number of hydrogen-bond acceptors (Lipinski definition) is 3. The van der Waals surface area contributed by atoms with Crippen LogP contribution in [0.25, 0.3) is 16.9 Å². The molecule has 1 aromatic heterocycles. The molecular weight excluding hydrogens is 302 g/mol. The average molecular weight is 319 g/mol. The zero-order chi connectivity index (χ0) is 16.2. The molecule has 4 heteroatoms. The lowest BCUT2D eigenvalue weighted by Crippen LogP contribution is -2.01. The second-order valence-corrected chi connectivity index (χ2v) is 6.66. The number of nitriles is 1. The van der Waals surface area contributed by atoms with Crippen molar-refractivity contribution in [2.75, 3.05) is 0 Å². The smallest absolute Gasteiger partial charge is 0.174 e. The number of benzene rings is 2. The lowest BCUT2D eigenvalue weighted by atomic mass is 10.1.